The molecule has 10 heteroatoms. The van der Waals surface area contributed by atoms with E-state index >= 15 is 0 Å². The highest BCUT2D eigenvalue weighted by molar-refractivity contribution is 6.46. The van der Waals surface area contributed by atoms with E-state index in [9.17, 15) is 29.8 Å². The quantitative estimate of drug-likeness (QED) is 0.124. The second kappa shape index (κ2) is 12.3. The number of nitro benzene ring substituents is 2. The molecule has 0 N–H and O–H groups in total. The van der Waals surface area contributed by atoms with Gasteiger partial charge in [0.25, 0.3) is 11.4 Å². The summed E-state index contributed by atoms with van der Waals surface area (Å²) in [5, 5.41) is 26.3. The molecular weight excluding hydrogens is 442 g/mol. The number of non-ortho nitro benzene ring substituents is 1. The predicted molar refractivity (Wildman–Crippen MR) is 127 cm³/mol. The highest BCUT2D eigenvalue weighted by Crippen LogP contribution is 2.33. The first-order chi connectivity index (χ1) is 16.2. The topological polar surface area (TPSA) is 142 Å². The van der Waals surface area contributed by atoms with E-state index in [-0.39, 0.29) is 34.9 Å². The SMILES string of the molecule is CCCC(=O)O/N=C(\C(=O)c1ccc(-c2ccc([N+](=O)[O-])cc2[N+](=O)[O-])cc1)C(CC)CCC. The number of nitrogens with zero attached hydrogens (tertiary/aromatic N) is 3. The molecule has 0 bridgehead atoms. The van der Waals surface area contributed by atoms with E-state index in [1.54, 1.807) is 0 Å². The van der Waals surface area contributed by atoms with Crippen molar-refractivity contribution in [3.63, 3.8) is 0 Å². The standard InChI is InChI=1S/C24H27N3O7/c1-4-7-16(6-3)23(25-34-22(28)8-5-2)24(29)18-11-9-17(10-12-18)20-14-13-19(26(30)31)15-21(20)27(32)33/h9-16H,4-8H2,1-3H3/b25-23-. The zero-order valence-electron chi connectivity index (χ0n) is 19.4. The molecule has 34 heavy (non-hydrogen) atoms. The van der Waals surface area contributed by atoms with Crippen LogP contribution in [-0.4, -0.2) is 27.3 Å². The molecule has 0 radical (unpaired) electrons. The van der Waals surface area contributed by atoms with Crippen molar-refractivity contribution in [1.82, 2.24) is 0 Å². The molecule has 0 saturated heterocycles. The van der Waals surface area contributed by atoms with Gasteiger partial charge < -0.3 is 4.84 Å². The molecule has 0 aliphatic carbocycles. The van der Waals surface area contributed by atoms with Crippen molar-refractivity contribution in [3.05, 3.63) is 68.3 Å². The van der Waals surface area contributed by atoms with E-state index in [0.717, 1.165) is 12.5 Å². The lowest BCUT2D eigenvalue weighted by atomic mass is 9.89. The maximum absolute atomic E-state index is 13.2. The fourth-order valence-corrected chi connectivity index (χ4v) is 3.51. The number of oxime groups is 1. The maximum Gasteiger partial charge on any atom is 0.335 e. The van der Waals surface area contributed by atoms with Gasteiger partial charge >= 0.3 is 5.97 Å². The molecule has 0 spiro atoms. The highest BCUT2D eigenvalue weighted by Gasteiger charge is 2.25. The van der Waals surface area contributed by atoms with E-state index in [0.29, 0.717) is 24.8 Å². The lowest BCUT2D eigenvalue weighted by Crippen LogP contribution is -2.25. The maximum atomic E-state index is 13.2. The zero-order valence-corrected chi connectivity index (χ0v) is 19.4. The van der Waals surface area contributed by atoms with Crippen LogP contribution >= 0.6 is 0 Å². The van der Waals surface area contributed by atoms with E-state index in [1.165, 1.54) is 36.4 Å². The van der Waals surface area contributed by atoms with Gasteiger partial charge in [0.15, 0.2) is 0 Å². The Labute approximate surface area is 196 Å². The number of carbonyl (C=O) groups excluding carboxylic acids is 2. The number of rotatable bonds is 12. The Morgan fingerprint density at radius 1 is 0.971 bits per heavy atom. The summed E-state index contributed by atoms with van der Waals surface area (Å²) in [7, 11) is 0. The van der Waals surface area contributed by atoms with Crippen LogP contribution in [0.3, 0.4) is 0 Å². The summed E-state index contributed by atoms with van der Waals surface area (Å²) in [5.74, 6) is -1.10. The van der Waals surface area contributed by atoms with Crippen molar-refractivity contribution in [1.29, 1.82) is 0 Å². The van der Waals surface area contributed by atoms with Gasteiger partial charge in [-0.3, -0.25) is 25.0 Å². The average Bonchev–Trinajstić information content (AvgIpc) is 2.83. The van der Waals surface area contributed by atoms with Gasteiger partial charge in [-0.05, 0) is 30.9 Å². The van der Waals surface area contributed by atoms with E-state index < -0.39 is 27.3 Å². The van der Waals surface area contributed by atoms with Gasteiger partial charge in [0.1, 0.15) is 5.71 Å². The minimum Gasteiger partial charge on any atom is -0.318 e. The molecule has 0 amide bonds. The molecule has 0 fully saturated rings. The van der Waals surface area contributed by atoms with Crippen molar-refractivity contribution < 1.29 is 24.3 Å². The van der Waals surface area contributed by atoms with Crippen LogP contribution in [0.2, 0.25) is 0 Å². The summed E-state index contributed by atoms with van der Waals surface area (Å²) in [4.78, 5) is 51.0. The number of nitro groups is 2. The van der Waals surface area contributed by atoms with E-state index in [1.807, 2.05) is 20.8 Å². The third-order valence-corrected chi connectivity index (χ3v) is 5.30. The molecule has 2 aromatic rings. The third kappa shape index (κ3) is 6.53. The first-order valence-corrected chi connectivity index (χ1v) is 11.1. The molecule has 0 saturated carbocycles. The van der Waals surface area contributed by atoms with Crippen LogP contribution in [0, 0.1) is 26.1 Å². The second-order valence-corrected chi connectivity index (χ2v) is 7.71. The lowest BCUT2D eigenvalue weighted by molar-refractivity contribution is -0.393. The summed E-state index contributed by atoms with van der Waals surface area (Å²) in [5.41, 5.74) is 0.256. The molecule has 2 aromatic carbocycles. The van der Waals surface area contributed by atoms with Crippen LogP contribution in [0.1, 0.15) is 63.2 Å². The van der Waals surface area contributed by atoms with Crippen LogP contribution in [0.5, 0.6) is 0 Å². The monoisotopic (exact) mass is 469 g/mol. The summed E-state index contributed by atoms with van der Waals surface area (Å²) >= 11 is 0. The van der Waals surface area contributed by atoms with Crippen molar-refractivity contribution in [2.24, 2.45) is 11.1 Å². The Morgan fingerprint density at radius 3 is 2.18 bits per heavy atom. The molecule has 180 valence electrons. The van der Waals surface area contributed by atoms with E-state index in [2.05, 4.69) is 5.16 Å². The van der Waals surface area contributed by atoms with Gasteiger partial charge in [-0.25, -0.2) is 4.79 Å². The van der Waals surface area contributed by atoms with Crippen LogP contribution in [-0.2, 0) is 9.63 Å². The van der Waals surface area contributed by atoms with Crippen molar-refractivity contribution in [3.8, 4) is 11.1 Å². The minimum absolute atomic E-state index is 0.155. The largest absolute Gasteiger partial charge is 0.335 e. The van der Waals surface area contributed by atoms with E-state index in [4.69, 9.17) is 4.84 Å². The molecular formula is C24H27N3O7. The van der Waals surface area contributed by atoms with Gasteiger partial charge in [0.05, 0.1) is 21.5 Å². The zero-order chi connectivity index (χ0) is 25.3. The molecule has 1 atom stereocenters. The number of hydrogen-bond acceptors (Lipinski definition) is 8. The normalized spacial score (nSPS) is 12.1. The number of Topliss-reactive ketones (excluding diaryl/α,β-unsaturated/α-hetero) is 1. The Kier molecular flexibility index (Phi) is 9.54. The lowest BCUT2D eigenvalue weighted by Gasteiger charge is -2.15. The molecule has 0 aromatic heterocycles. The highest BCUT2D eigenvalue weighted by atomic mass is 16.7. The number of benzene rings is 2. The van der Waals surface area contributed by atoms with Gasteiger partial charge in [-0.1, -0.05) is 56.6 Å². The minimum atomic E-state index is -0.701. The smallest absolute Gasteiger partial charge is 0.318 e. The van der Waals surface area contributed by atoms with Crippen molar-refractivity contribution >= 4 is 28.8 Å². The first-order valence-electron chi connectivity index (χ1n) is 11.1. The molecule has 0 aliphatic rings. The summed E-state index contributed by atoms with van der Waals surface area (Å²) in [6.45, 7) is 5.74. The molecule has 0 heterocycles. The van der Waals surface area contributed by atoms with Crippen molar-refractivity contribution in [2.75, 3.05) is 0 Å². The third-order valence-electron chi connectivity index (χ3n) is 5.30. The Bertz CT molecular complexity index is 1090. The summed E-state index contributed by atoms with van der Waals surface area (Å²) < 4.78 is 0. The first kappa shape index (κ1) is 26.3. The molecule has 0 aliphatic heterocycles. The number of carbonyl (C=O) groups is 2. The van der Waals surface area contributed by atoms with Crippen LogP contribution in [0.4, 0.5) is 11.4 Å². The van der Waals surface area contributed by atoms with Gasteiger partial charge in [0.2, 0.25) is 5.78 Å². The fourth-order valence-electron chi connectivity index (χ4n) is 3.51. The van der Waals surface area contributed by atoms with Gasteiger partial charge in [0, 0.05) is 24.0 Å². The van der Waals surface area contributed by atoms with Gasteiger partial charge in [-0.2, -0.15) is 0 Å². The van der Waals surface area contributed by atoms with Gasteiger partial charge in [-0.15, -0.1) is 0 Å². The van der Waals surface area contributed by atoms with Crippen molar-refractivity contribution in [2.45, 2.75) is 52.9 Å². The number of ketones is 1. The van der Waals surface area contributed by atoms with Crippen LogP contribution in [0.25, 0.3) is 11.1 Å². The number of hydrogen-bond donors (Lipinski definition) is 0. The Hall–Kier alpha value is -3.95. The second-order valence-electron chi connectivity index (χ2n) is 7.71. The Morgan fingerprint density at radius 2 is 1.65 bits per heavy atom. The molecule has 2 rings (SSSR count). The average molecular weight is 469 g/mol. The predicted octanol–water partition coefficient (Wildman–Crippen LogP) is 5.88. The van der Waals surface area contributed by atoms with Crippen LogP contribution in [0.15, 0.2) is 47.6 Å². The Balaban J connectivity index is 2.41. The molecule has 1 unspecified atom stereocenters. The summed E-state index contributed by atoms with van der Waals surface area (Å²) in [6.07, 6.45) is 2.94. The molecule has 10 nitrogen and oxygen atoms in total. The summed E-state index contributed by atoms with van der Waals surface area (Å²) in [6, 6.07) is 9.47. The fraction of sp³-hybridized carbons (Fsp3) is 0.375. The van der Waals surface area contributed by atoms with Crippen LogP contribution < -0.4 is 0 Å².